The van der Waals surface area contributed by atoms with E-state index in [1.54, 1.807) is 0 Å². The zero-order valence-corrected chi connectivity index (χ0v) is 20.6. The van der Waals surface area contributed by atoms with Gasteiger partial charge in [0.1, 0.15) is 10.1 Å². The van der Waals surface area contributed by atoms with Gasteiger partial charge >= 0.3 is 23.9 Å². The summed E-state index contributed by atoms with van der Waals surface area (Å²) in [5, 5.41) is -1.74. The van der Waals surface area contributed by atoms with Crippen molar-refractivity contribution in [2.45, 2.75) is 74.8 Å². The molecule has 4 saturated carbocycles. The van der Waals surface area contributed by atoms with Gasteiger partial charge in [0.25, 0.3) is 0 Å². The van der Waals surface area contributed by atoms with Gasteiger partial charge in [-0.2, -0.15) is 0 Å². The fraction of sp³-hybridized carbons (Fsp3) is 0.818. The summed E-state index contributed by atoms with van der Waals surface area (Å²) in [7, 11) is -5.76. The Kier molecular flexibility index (Phi) is 3.78. The molecule has 0 aromatic carbocycles. The Labute approximate surface area is 183 Å². The number of fused-ring (bicyclic) bond motifs is 10. The highest BCUT2D eigenvalue weighted by molar-refractivity contribution is 6.91. The lowest BCUT2D eigenvalue weighted by Crippen LogP contribution is -2.64. The molecule has 2 heterocycles. The van der Waals surface area contributed by atoms with Crippen LogP contribution in [0, 0.1) is 35.5 Å². The molecule has 2 saturated heterocycles. The molecule has 7 nitrogen and oxygen atoms in total. The Bertz CT molecular complexity index is 870. The quantitative estimate of drug-likeness (QED) is 0.360. The Morgan fingerprint density at radius 2 is 1.10 bits per heavy atom. The molecule has 0 aromatic rings. The summed E-state index contributed by atoms with van der Waals surface area (Å²) in [6.07, 6.45) is 5.52. The van der Waals surface area contributed by atoms with Crippen LogP contribution in [0.3, 0.4) is 0 Å². The van der Waals surface area contributed by atoms with Crippen LogP contribution in [0.5, 0.6) is 0 Å². The number of esters is 4. The smallest absolute Gasteiger partial charge is 0.320 e. The van der Waals surface area contributed by atoms with Crippen molar-refractivity contribution in [1.82, 2.24) is 0 Å². The topological polar surface area (TPSA) is 96.0 Å². The molecule has 31 heavy (non-hydrogen) atoms. The first kappa shape index (κ1) is 20.3. The average Bonchev–Trinajstić information content (AvgIpc) is 3.46. The first-order chi connectivity index (χ1) is 14.5. The molecule has 8 unspecified atom stereocenters. The molecule has 168 valence electrons. The summed E-state index contributed by atoms with van der Waals surface area (Å²) in [4.78, 5) is 52.0. The predicted octanol–water partition coefficient (Wildman–Crippen LogP) is 3.15. The van der Waals surface area contributed by atoms with E-state index in [1.807, 2.05) is 26.2 Å². The predicted molar refractivity (Wildman–Crippen MR) is 112 cm³/mol. The van der Waals surface area contributed by atoms with E-state index in [4.69, 9.17) is 13.6 Å². The van der Waals surface area contributed by atoms with E-state index < -0.39 is 50.5 Å². The zero-order chi connectivity index (χ0) is 22.1. The first-order valence-corrected chi connectivity index (χ1v) is 17.5. The highest BCUT2D eigenvalue weighted by atomic mass is 28.4. The van der Waals surface area contributed by atoms with Gasteiger partial charge in [-0.15, -0.1) is 0 Å². The molecule has 6 aliphatic rings. The minimum atomic E-state index is -2.88. The van der Waals surface area contributed by atoms with Gasteiger partial charge in [0.2, 0.25) is 0 Å². The highest BCUT2D eigenvalue weighted by Crippen LogP contribution is 2.75. The number of carbonyl (C=O) groups excluding carboxylic acids is 4. The van der Waals surface area contributed by atoms with Crippen LogP contribution in [0.2, 0.25) is 36.3 Å². The first-order valence-electron chi connectivity index (χ1n) is 11.7. The third kappa shape index (κ3) is 2.01. The molecule has 2 aliphatic heterocycles. The van der Waals surface area contributed by atoms with Crippen LogP contribution in [0.15, 0.2) is 0 Å². The Morgan fingerprint density at radius 1 is 0.710 bits per heavy atom. The number of hydrogen-bond acceptors (Lipinski definition) is 7. The van der Waals surface area contributed by atoms with Gasteiger partial charge in [0, 0.05) is 0 Å². The minimum absolute atomic E-state index is 0.110. The van der Waals surface area contributed by atoms with Gasteiger partial charge in [0.15, 0.2) is 16.6 Å². The summed E-state index contributed by atoms with van der Waals surface area (Å²) in [6.45, 7) is 8.15. The number of carbonyl (C=O) groups is 4. The molecule has 0 amide bonds. The Hall–Kier alpha value is -1.33. The van der Waals surface area contributed by atoms with E-state index in [-0.39, 0.29) is 35.6 Å². The third-order valence-electron chi connectivity index (χ3n) is 10.2. The van der Waals surface area contributed by atoms with Crippen molar-refractivity contribution in [3.8, 4) is 0 Å². The van der Waals surface area contributed by atoms with Crippen LogP contribution in [0.1, 0.15) is 38.5 Å². The number of rotatable bonds is 4. The molecule has 0 N–H and O–H groups in total. The standard InChI is InChI=1S/C22H30O7Si2/c1-30(2,21-13-7-5-11(9-13)15(21)17(23)27-19(21)25)29-31(3,4)22-14-8-6-12(10-14)16(22)18(24)28-20(22)26/h11-16H,5-10H2,1-4H3. The van der Waals surface area contributed by atoms with E-state index in [0.29, 0.717) is 0 Å². The maximum atomic E-state index is 13.3. The van der Waals surface area contributed by atoms with Crippen molar-refractivity contribution in [3.05, 3.63) is 0 Å². The summed E-state index contributed by atoms with van der Waals surface area (Å²) in [6, 6.07) is 0. The third-order valence-corrected chi connectivity index (χ3v) is 20.1. The Morgan fingerprint density at radius 3 is 1.48 bits per heavy atom. The largest absolute Gasteiger partial charge is 0.454 e. The second-order valence-corrected chi connectivity index (χ2v) is 20.3. The molecule has 0 radical (unpaired) electrons. The summed E-state index contributed by atoms with van der Waals surface area (Å²) >= 11 is 0. The highest BCUT2D eigenvalue weighted by Gasteiger charge is 2.81. The zero-order valence-electron chi connectivity index (χ0n) is 18.6. The fourth-order valence-electron chi connectivity index (χ4n) is 9.57. The maximum Gasteiger partial charge on any atom is 0.320 e. The van der Waals surface area contributed by atoms with E-state index in [1.165, 1.54) is 0 Å². The molecule has 0 spiro atoms. The molecule has 8 atom stereocenters. The summed E-state index contributed by atoms with van der Waals surface area (Å²) in [5.41, 5.74) is 0. The number of ether oxygens (including phenoxy) is 2. The van der Waals surface area contributed by atoms with Crippen molar-refractivity contribution in [3.63, 3.8) is 0 Å². The fourth-order valence-corrected chi connectivity index (χ4v) is 21.8. The van der Waals surface area contributed by atoms with Crippen LogP contribution < -0.4 is 0 Å². The summed E-state index contributed by atoms with van der Waals surface area (Å²) in [5.74, 6) is -1.78. The van der Waals surface area contributed by atoms with E-state index in [2.05, 4.69) is 0 Å². The van der Waals surface area contributed by atoms with Crippen molar-refractivity contribution in [2.24, 2.45) is 35.5 Å². The lowest BCUT2D eigenvalue weighted by Gasteiger charge is -2.52. The van der Waals surface area contributed by atoms with Gasteiger partial charge in [-0.05, 0) is 88.4 Å². The van der Waals surface area contributed by atoms with Crippen molar-refractivity contribution in [1.29, 1.82) is 0 Å². The summed E-state index contributed by atoms with van der Waals surface area (Å²) < 4.78 is 17.6. The van der Waals surface area contributed by atoms with Crippen molar-refractivity contribution >= 4 is 40.5 Å². The van der Waals surface area contributed by atoms with Crippen LogP contribution in [-0.2, 0) is 32.8 Å². The molecule has 4 aliphatic carbocycles. The average molecular weight is 463 g/mol. The van der Waals surface area contributed by atoms with Gasteiger partial charge in [-0.3, -0.25) is 19.2 Å². The minimum Gasteiger partial charge on any atom is -0.454 e. The SMILES string of the molecule is C[Si](C)(O[Si](C)(C)C12C(=O)OC(=O)C1C1CCC2C1)C12C(=O)OC(=O)C1C1CCC2C1. The molecule has 9 heteroatoms. The second kappa shape index (κ2) is 5.77. The Balaban J connectivity index is 1.43. The molecule has 6 fully saturated rings. The normalized spacial score (nSPS) is 47.7. The monoisotopic (exact) mass is 462 g/mol. The van der Waals surface area contributed by atoms with Crippen molar-refractivity contribution < 1.29 is 32.8 Å². The van der Waals surface area contributed by atoms with E-state index in [0.717, 1.165) is 38.5 Å². The van der Waals surface area contributed by atoms with Crippen LogP contribution in [-0.4, -0.2) is 40.5 Å². The van der Waals surface area contributed by atoms with E-state index >= 15 is 0 Å². The van der Waals surface area contributed by atoms with Gasteiger partial charge in [-0.1, -0.05) is 0 Å². The van der Waals surface area contributed by atoms with E-state index in [9.17, 15) is 19.2 Å². The molecule has 6 rings (SSSR count). The van der Waals surface area contributed by atoms with Crippen LogP contribution in [0.4, 0.5) is 0 Å². The lowest BCUT2D eigenvalue weighted by atomic mass is 9.80. The van der Waals surface area contributed by atoms with Crippen molar-refractivity contribution in [2.75, 3.05) is 0 Å². The number of cyclic esters (lactones) is 4. The number of hydrogen-bond donors (Lipinski definition) is 0. The molecule has 4 bridgehead atoms. The molecule has 0 aromatic heterocycles. The molecular formula is C22H30O7Si2. The molecular weight excluding hydrogens is 432 g/mol. The maximum absolute atomic E-state index is 13.3. The van der Waals surface area contributed by atoms with Gasteiger partial charge < -0.3 is 13.6 Å². The van der Waals surface area contributed by atoms with Crippen LogP contribution >= 0.6 is 0 Å². The van der Waals surface area contributed by atoms with Gasteiger partial charge in [-0.25, -0.2) is 0 Å². The van der Waals surface area contributed by atoms with Gasteiger partial charge in [0.05, 0.1) is 11.8 Å². The lowest BCUT2D eigenvalue weighted by molar-refractivity contribution is -0.156. The van der Waals surface area contributed by atoms with Crippen LogP contribution in [0.25, 0.3) is 0 Å². The second-order valence-electron chi connectivity index (χ2n) is 11.8.